The van der Waals surface area contributed by atoms with E-state index in [2.05, 4.69) is 18.9 Å². The van der Waals surface area contributed by atoms with Crippen LogP contribution in [0, 0.1) is 5.92 Å². The number of hydrogen-bond acceptors (Lipinski definition) is 3. The lowest BCUT2D eigenvalue weighted by molar-refractivity contribution is 0.152. The molecule has 0 aromatic carbocycles. The summed E-state index contributed by atoms with van der Waals surface area (Å²) in [6.45, 7) is 4.12. The van der Waals surface area contributed by atoms with E-state index in [1.807, 2.05) is 11.8 Å². The average molecular weight is 189 g/mol. The molecule has 0 amide bonds. The van der Waals surface area contributed by atoms with Gasteiger partial charge in [-0.25, -0.2) is 0 Å². The van der Waals surface area contributed by atoms with Gasteiger partial charge in [0.1, 0.15) is 0 Å². The van der Waals surface area contributed by atoms with E-state index in [-0.39, 0.29) is 6.10 Å². The zero-order valence-electron chi connectivity index (χ0n) is 7.99. The number of nitrogens with zero attached hydrogens (tertiary/aromatic N) is 1. The summed E-state index contributed by atoms with van der Waals surface area (Å²) in [7, 11) is 2.08. The third kappa shape index (κ3) is 2.96. The Morgan fingerprint density at radius 3 is 2.75 bits per heavy atom. The minimum absolute atomic E-state index is 0.0839. The molecule has 0 aromatic heterocycles. The Hall–Kier alpha value is 0.270. The van der Waals surface area contributed by atoms with Gasteiger partial charge in [-0.3, -0.25) is 0 Å². The summed E-state index contributed by atoms with van der Waals surface area (Å²) in [6.07, 6.45) is 1.16. The fourth-order valence-electron chi connectivity index (χ4n) is 1.61. The van der Waals surface area contributed by atoms with Crippen molar-refractivity contribution in [2.24, 2.45) is 5.92 Å². The van der Waals surface area contributed by atoms with Crippen molar-refractivity contribution in [3.8, 4) is 0 Å². The molecular weight excluding hydrogens is 170 g/mol. The van der Waals surface area contributed by atoms with Crippen molar-refractivity contribution in [1.29, 1.82) is 0 Å². The van der Waals surface area contributed by atoms with Crippen LogP contribution < -0.4 is 0 Å². The third-order valence-electron chi connectivity index (χ3n) is 2.27. The monoisotopic (exact) mass is 189 g/mol. The van der Waals surface area contributed by atoms with Crippen LogP contribution in [0.4, 0.5) is 0 Å². The fourth-order valence-corrected chi connectivity index (χ4v) is 2.69. The van der Waals surface area contributed by atoms with Crippen LogP contribution in [0.2, 0.25) is 0 Å². The summed E-state index contributed by atoms with van der Waals surface area (Å²) in [5, 5.41) is 9.60. The van der Waals surface area contributed by atoms with E-state index in [9.17, 15) is 5.11 Å². The lowest BCUT2D eigenvalue weighted by Gasteiger charge is -2.11. The maximum atomic E-state index is 9.60. The van der Waals surface area contributed by atoms with Crippen molar-refractivity contribution >= 4 is 11.8 Å². The number of rotatable bonds is 4. The molecule has 0 aliphatic carbocycles. The number of thioether (sulfide) groups is 1. The van der Waals surface area contributed by atoms with Gasteiger partial charge in [-0.05, 0) is 25.0 Å². The summed E-state index contributed by atoms with van der Waals surface area (Å²) >= 11 is 1.97. The molecule has 3 heteroatoms. The van der Waals surface area contributed by atoms with E-state index in [1.165, 1.54) is 12.2 Å². The van der Waals surface area contributed by atoms with Gasteiger partial charge in [-0.1, -0.05) is 6.92 Å². The van der Waals surface area contributed by atoms with Crippen molar-refractivity contribution in [1.82, 2.24) is 4.90 Å². The minimum atomic E-state index is -0.0839. The molecule has 1 saturated heterocycles. The Morgan fingerprint density at radius 2 is 2.25 bits per heavy atom. The highest BCUT2D eigenvalue weighted by atomic mass is 32.2. The van der Waals surface area contributed by atoms with Crippen molar-refractivity contribution in [2.75, 3.05) is 31.6 Å². The van der Waals surface area contributed by atoms with E-state index in [4.69, 9.17) is 0 Å². The zero-order valence-corrected chi connectivity index (χ0v) is 8.81. The summed E-state index contributed by atoms with van der Waals surface area (Å²) in [6, 6.07) is 0. The van der Waals surface area contributed by atoms with Gasteiger partial charge in [-0.15, -0.1) is 0 Å². The van der Waals surface area contributed by atoms with Crippen LogP contribution >= 0.6 is 11.8 Å². The zero-order chi connectivity index (χ0) is 8.97. The maximum absolute atomic E-state index is 9.60. The number of β-amino-alcohol motifs (C(OH)–C–C–N with tert-alkyl or cyclic N) is 1. The number of aliphatic hydroxyl groups excluding tert-OH is 1. The van der Waals surface area contributed by atoms with Crippen LogP contribution in [0.1, 0.15) is 13.3 Å². The molecule has 0 bridgehead atoms. The molecule has 2 nitrogen and oxygen atoms in total. The first-order chi connectivity index (χ1) is 5.74. The molecule has 1 heterocycles. The molecule has 0 radical (unpaired) electrons. The molecular formula is C9H19NOS. The van der Waals surface area contributed by atoms with Gasteiger partial charge in [0, 0.05) is 19.0 Å². The second kappa shape index (κ2) is 5.10. The quantitative estimate of drug-likeness (QED) is 0.669. The highest BCUT2D eigenvalue weighted by molar-refractivity contribution is 7.99. The second-order valence-corrected chi connectivity index (χ2v) is 4.77. The minimum Gasteiger partial charge on any atom is -0.391 e. The predicted octanol–water partition coefficient (Wildman–Crippen LogP) is 1.05. The normalized spacial score (nSPS) is 31.2. The van der Waals surface area contributed by atoms with Gasteiger partial charge in [0.05, 0.1) is 6.10 Å². The molecule has 1 fully saturated rings. The van der Waals surface area contributed by atoms with E-state index < -0.39 is 0 Å². The summed E-state index contributed by atoms with van der Waals surface area (Å²) < 4.78 is 0. The lowest BCUT2D eigenvalue weighted by atomic mass is 10.1. The Bertz CT molecular complexity index is 132. The van der Waals surface area contributed by atoms with Gasteiger partial charge in [0.2, 0.25) is 0 Å². The smallest absolute Gasteiger partial charge is 0.0715 e. The van der Waals surface area contributed by atoms with Crippen LogP contribution in [0.3, 0.4) is 0 Å². The number of likely N-dealkylation sites (tertiary alicyclic amines) is 1. The predicted molar refractivity (Wildman–Crippen MR) is 54.6 cm³/mol. The van der Waals surface area contributed by atoms with Gasteiger partial charge < -0.3 is 10.0 Å². The Kier molecular flexibility index (Phi) is 4.40. The first-order valence-electron chi connectivity index (χ1n) is 4.68. The first kappa shape index (κ1) is 10.4. The van der Waals surface area contributed by atoms with E-state index in [1.54, 1.807) is 0 Å². The Labute approximate surface area is 79.3 Å². The highest BCUT2D eigenvalue weighted by Crippen LogP contribution is 2.20. The topological polar surface area (TPSA) is 23.5 Å². The van der Waals surface area contributed by atoms with Crippen LogP contribution in [-0.4, -0.2) is 47.8 Å². The molecule has 12 heavy (non-hydrogen) atoms. The lowest BCUT2D eigenvalue weighted by Crippen LogP contribution is -2.19. The van der Waals surface area contributed by atoms with Crippen molar-refractivity contribution in [3.05, 3.63) is 0 Å². The van der Waals surface area contributed by atoms with Crippen LogP contribution in [0.15, 0.2) is 0 Å². The number of aliphatic hydroxyl groups is 1. The van der Waals surface area contributed by atoms with Crippen molar-refractivity contribution < 1.29 is 5.11 Å². The summed E-state index contributed by atoms with van der Waals surface area (Å²) in [4.78, 5) is 2.21. The second-order valence-electron chi connectivity index (χ2n) is 3.62. The fraction of sp³-hybridized carbons (Fsp3) is 1.00. The molecule has 1 N–H and O–H groups in total. The summed E-state index contributed by atoms with van der Waals surface area (Å²) in [5.74, 6) is 2.86. The van der Waals surface area contributed by atoms with Gasteiger partial charge >= 0.3 is 0 Å². The molecule has 2 atom stereocenters. The molecule has 1 aliphatic rings. The van der Waals surface area contributed by atoms with Crippen LogP contribution in [0.5, 0.6) is 0 Å². The summed E-state index contributed by atoms with van der Waals surface area (Å²) in [5.41, 5.74) is 0. The maximum Gasteiger partial charge on any atom is 0.0715 e. The Balaban J connectivity index is 2.15. The van der Waals surface area contributed by atoms with E-state index >= 15 is 0 Å². The molecule has 1 rings (SSSR count). The first-order valence-corrected chi connectivity index (χ1v) is 5.84. The molecule has 0 aromatic rings. The third-order valence-corrected chi connectivity index (χ3v) is 3.63. The van der Waals surface area contributed by atoms with Gasteiger partial charge in [-0.2, -0.15) is 11.8 Å². The van der Waals surface area contributed by atoms with Crippen LogP contribution in [-0.2, 0) is 0 Å². The van der Waals surface area contributed by atoms with E-state index in [0.29, 0.717) is 5.92 Å². The largest absolute Gasteiger partial charge is 0.391 e. The molecule has 0 unspecified atom stereocenters. The molecule has 0 spiro atoms. The highest BCUT2D eigenvalue weighted by Gasteiger charge is 2.28. The molecule has 72 valence electrons. The standard InChI is InChI=1S/C9H19NOS/c1-3-4-12-7-8-5-10(2)6-9(8)11/h8-9,11H,3-7H2,1-2H3/t8-,9+/m0/s1. The van der Waals surface area contributed by atoms with Gasteiger partial charge in [0.15, 0.2) is 0 Å². The van der Waals surface area contributed by atoms with E-state index in [0.717, 1.165) is 18.8 Å². The Morgan fingerprint density at radius 1 is 1.50 bits per heavy atom. The molecule has 1 aliphatic heterocycles. The number of likely N-dealkylation sites (N-methyl/N-ethyl adjacent to an activating group) is 1. The average Bonchev–Trinajstić information content (AvgIpc) is 2.31. The molecule has 0 saturated carbocycles. The van der Waals surface area contributed by atoms with Gasteiger partial charge in [0.25, 0.3) is 0 Å². The van der Waals surface area contributed by atoms with Crippen molar-refractivity contribution in [3.63, 3.8) is 0 Å². The van der Waals surface area contributed by atoms with Crippen molar-refractivity contribution in [2.45, 2.75) is 19.4 Å². The SMILES string of the molecule is CCCSC[C@@H]1CN(C)C[C@H]1O. The van der Waals surface area contributed by atoms with Crippen LogP contribution in [0.25, 0.3) is 0 Å². The number of hydrogen-bond donors (Lipinski definition) is 1.